The zero-order valence-corrected chi connectivity index (χ0v) is 20.7. The number of amides is 1. The van der Waals surface area contributed by atoms with Gasteiger partial charge in [0, 0.05) is 16.3 Å². The molecule has 1 aliphatic heterocycles. The lowest BCUT2D eigenvalue weighted by Crippen LogP contribution is -2.30. The van der Waals surface area contributed by atoms with Crippen LogP contribution in [0.2, 0.25) is 5.02 Å². The molecule has 1 N–H and O–H groups in total. The van der Waals surface area contributed by atoms with Crippen LogP contribution >= 0.6 is 11.6 Å². The molecule has 7 heteroatoms. The number of nitrogens with zero attached hydrogens (tertiary/aromatic N) is 1. The van der Waals surface area contributed by atoms with Crippen molar-refractivity contribution in [1.29, 1.82) is 0 Å². The summed E-state index contributed by atoms with van der Waals surface area (Å²) < 4.78 is 11.2. The van der Waals surface area contributed by atoms with E-state index < -0.39 is 17.7 Å². The van der Waals surface area contributed by atoms with E-state index in [-0.39, 0.29) is 11.3 Å². The highest BCUT2D eigenvalue weighted by molar-refractivity contribution is 6.51. The fourth-order valence-corrected chi connectivity index (χ4v) is 4.59. The standard InChI is InChI=1S/C28H26ClNO5/c1-5-35-23-15-18(10-12-22(23)34-4)25-24(26(31)19-7-6-8-20(29)14-19)27(32)28(33)30(25)21-11-9-16(2)13-17(21)3/h6-15,25,31H,5H2,1-4H3/b26-24+. The number of benzene rings is 3. The summed E-state index contributed by atoms with van der Waals surface area (Å²) in [5, 5.41) is 11.7. The molecule has 1 atom stereocenters. The van der Waals surface area contributed by atoms with Crippen molar-refractivity contribution in [1.82, 2.24) is 0 Å². The monoisotopic (exact) mass is 491 g/mol. The van der Waals surface area contributed by atoms with Crippen molar-refractivity contribution in [3.63, 3.8) is 0 Å². The second-order valence-corrected chi connectivity index (χ2v) is 8.75. The van der Waals surface area contributed by atoms with Crippen LogP contribution in [0, 0.1) is 13.8 Å². The summed E-state index contributed by atoms with van der Waals surface area (Å²) in [6.45, 7) is 6.10. The Morgan fingerprint density at radius 1 is 1.03 bits per heavy atom. The van der Waals surface area contributed by atoms with Gasteiger partial charge >= 0.3 is 0 Å². The van der Waals surface area contributed by atoms with E-state index in [0.29, 0.717) is 39.9 Å². The highest BCUT2D eigenvalue weighted by Gasteiger charge is 2.47. The molecule has 0 radical (unpaired) electrons. The summed E-state index contributed by atoms with van der Waals surface area (Å²) in [4.78, 5) is 28.2. The molecular formula is C28H26ClNO5. The van der Waals surface area contributed by atoms with Crippen molar-refractivity contribution in [2.24, 2.45) is 0 Å². The van der Waals surface area contributed by atoms with E-state index >= 15 is 0 Å². The minimum Gasteiger partial charge on any atom is -0.507 e. The summed E-state index contributed by atoms with van der Waals surface area (Å²) in [6, 6.07) is 16.5. The van der Waals surface area contributed by atoms with E-state index in [1.807, 2.05) is 39.0 Å². The van der Waals surface area contributed by atoms with Gasteiger partial charge in [0.1, 0.15) is 5.76 Å². The van der Waals surface area contributed by atoms with Crippen molar-refractivity contribution in [3.05, 3.63) is 93.5 Å². The van der Waals surface area contributed by atoms with Gasteiger partial charge in [-0.15, -0.1) is 0 Å². The van der Waals surface area contributed by atoms with Crippen LogP contribution in [-0.2, 0) is 9.59 Å². The van der Waals surface area contributed by atoms with Gasteiger partial charge in [0.05, 0.1) is 25.3 Å². The van der Waals surface area contributed by atoms with Crippen LogP contribution in [0.3, 0.4) is 0 Å². The number of ketones is 1. The van der Waals surface area contributed by atoms with Gasteiger partial charge in [0.15, 0.2) is 11.5 Å². The molecule has 4 rings (SSSR count). The Morgan fingerprint density at radius 2 is 1.80 bits per heavy atom. The third kappa shape index (κ3) is 4.49. The number of hydrogen-bond donors (Lipinski definition) is 1. The number of carbonyl (C=O) groups excluding carboxylic acids is 2. The third-order valence-corrected chi connectivity index (χ3v) is 6.19. The zero-order chi connectivity index (χ0) is 25.3. The molecule has 1 fully saturated rings. The van der Waals surface area contributed by atoms with Crippen LogP contribution in [0.5, 0.6) is 11.5 Å². The van der Waals surface area contributed by atoms with Crippen LogP contribution in [0.25, 0.3) is 5.76 Å². The van der Waals surface area contributed by atoms with E-state index in [4.69, 9.17) is 21.1 Å². The summed E-state index contributed by atoms with van der Waals surface area (Å²) in [7, 11) is 1.54. The van der Waals surface area contributed by atoms with Gasteiger partial charge in [-0.1, -0.05) is 47.5 Å². The Bertz CT molecular complexity index is 1350. The molecule has 6 nitrogen and oxygen atoms in total. The molecule has 0 bridgehead atoms. The first kappa shape index (κ1) is 24.4. The van der Waals surface area contributed by atoms with Gasteiger partial charge < -0.3 is 14.6 Å². The minimum absolute atomic E-state index is 0.0233. The molecule has 1 unspecified atom stereocenters. The van der Waals surface area contributed by atoms with Crippen LogP contribution in [-0.4, -0.2) is 30.5 Å². The van der Waals surface area contributed by atoms with Crippen molar-refractivity contribution >= 4 is 34.7 Å². The number of halogens is 1. The quantitative estimate of drug-likeness (QED) is 0.260. The lowest BCUT2D eigenvalue weighted by Gasteiger charge is -2.27. The first-order chi connectivity index (χ1) is 16.8. The molecule has 0 aliphatic carbocycles. The number of ether oxygens (including phenoxy) is 2. The van der Waals surface area contributed by atoms with Crippen molar-refractivity contribution < 1.29 is 24.2 Å². The Hall–Kier alpha value is -3.77. The van der Waals surface area contributed by atoms with Crippen LogP contribution in [0.4, 0.5) is 5.69 Å². The number of Topliss-reactive ketones (excluding diaryl/α,β-unsaturated/α-hetero) is 1. The lowest BCUT2D eigenvalue weighted by molar-refractivity contribution is -0.132. The molecule has 0 spiro atoms. The number of aliphatic hydroxyl groups excluding tert-OH is 1. The van der Waals surface area contributed by atoms with Gasteiger partial charge in [0.2, 0.25) is 0 Å². The number of carbonyl (C=O) groups is 2. The SMILES string of the molecule is CCOc1cc(C2/C(=C(\O)c3cccc(Cl)c3)C(=O)C(=O)N2c2ccc(C)cc2C)ccc1OC. The van der Waals surface area contributed by atoms with E-state index in [0.717, 1.165) is 11.1 Å². The van der Waals surface area contributed by atoms with Gasteiger partial charge in [-0.3, -0.25) is 14.5 Å². The molecule has 1 saturated heterocycles. The predicted molar refractivity (Wildman–Crippen MR) is 136 cm³/mol. The average molecular weight is 492 g/mol. The molecular weight excluding hydrogens is 466 g/mol. The third-order valence-electron chi connectivity index (χ3n) is 5.96. The highest BCUT2D eigenvalue weighted by atomic mass is 35.5. The predicted octanol–water partition coefficient (Wildman–Crippen LogP) is 5.99. The molecule has 180 valence electrons. The molecule has 35 heavy (non-hydrogen) atoms. The average Bonchev–Trinajstić information content (AvgIpc) is 3.09. The van der Waals surface area contributed by atoms with Crippen LogP contribution in [0.15, 0.2) is 66.2 Å². The van der Waals surface area contributed by atoms with E-state index in [9.17, 15) is 14.7 Å². The second kappa shape index (κ2) is 9.84. The van der Waals surface area contributed by atoms with E-state index in [1.54, 1.807) is 49.6 Å². The van der Waals surface area contributed by atoms with Crippen LogP contribution in [0.1, 0.15) is 35.2 Å². The number of aliphatic hydroxyl groups is 1. The smallest absolute Gasteiger partial charge is 0.300 e. The molecule has 0 aromatic heterocycles. The Kier molecular flexibility index (Phi) is 6.85. The van der Waals surface area contributed by atoms with Gasteiger partial charge in [-0.2, -0.15) is 0 Å². The van der Waals surface area contributed by atoms with Gasteiger partial charge in [-0.25, -0.2) is 0 Å². The first-order valence-corrected chi connectivity index (χ1v) is 11.6. The number of methoxy groups -OCH3 is 1. The fourth-order valence-electron chi connectivity index (χ4n) is 4.40. The molecule has 1 heterocycles. The maximum atomic E-state index is 13.4. The maximum absolute atomic E-state index is 13.4. The summed E-state index contributed by atoms with van der Waals surface area (Å²) in [5.41, 5.74) is 3.36. The molecule has 1 aliphatic rings. The van der Waals surface area contributed by atoms with Crippen molar-refractivity contribution in [3.8, 4) is 11.5 Å². The van der Waals surface area contributed by atoms with Crippen molar-refractivity contribution in [2.75, 3.05) is 18.6 Å². The first-order valence-electron chi connectivity index (χ1n) is 11.2. The summed E-state index contributed by atoms with van der Waals surface area (Å²) >= 11 is 6.14. The second-order valence-electron chi connectivity index (χ2n) is 8.31. The Balaban J connectivity index is 1.99. The van der Waals surface area contributed by atoms with E-state index in [2.05, 4.69) is 0 Å². The van der Waals surface area contributed by atoms with Gasteiger partial charge in [-0.05, 0) is 62.2 Å². The Labute approximate surface area is 209 Å². The number of rotatable bonds is 6. The number of aryl methyl sites for hydroxylation is 2. The normalized spacial score (nSPS) is 17.1. The summed E-state index contributed by atoms with van der Waals surface area (Å²) in [6.07, 6.45) is 0. The maximum Gasteiger partial charge on any atom is 0.300 e. The van der Waals surface area contributed by atoms with Gasteiger partial charge in [0.25, 0.3) is 11.7 Å². The number of anilines is 1. The van der Waals surface area contributed by atoms with Crippen molar-refractivity contribution in [2.45, 2.75) is 26.8 Å². The Morgan fingerprint density at radius 3 is 2.46 bits per heavy atom. The zero-order valence-electron chi connectivity index (χ0n) is 20.0. The topological polar surface area (TPSA) is 76.1 Å². The summed E-state index contributed by atoms with van der Waals surface area (Å²) in [5.74, 6) is -0.798. The molecule has 1 amide bonds. The fraction of sp³-hybridized carbons (Fsp3) is 0.214. The van der Waals surface area contributed by atoms with Crippen LogP contribution < -0.4 is 14.4 Å². The molecule has 3 aromatic rings. The lowest BCUT2D eigenvalue weighted by atomic mass is 9.94. The largest absolute Gasteiger partial charge is 0.507 e. The molecule has 3 aromatic carbocycles. The number of hydrogen-bond acceptors (Lipinski definition) is 5. The van der Waals surface area contributed by atoms with E-state index in [1.165, 1.54) is 4.90 Å². The highest BCUT2D eigenvalue weighted by Crippen LogP contribution is 2.45. The minimum atomic E-state index is -0.888. The molecule has 0 saturated carbocycles.